The lowest BCUT2D eigenvalue weighted by molar-refractivity contribution is -0.458. The largest absolute Gasteiger partial charge is 0.460 e. The van der Waals surface area contributed by atoms with Gasteiger partial charge in [0.2, 0.25) is 0 Å². The quantitative estimate of drug-likeness (QED) is 0.224. The van der Waals surface area contributed by atoms with Crippen LogP contribution in [0.1, 0.15) is 20.3 Å². The van der Waals surface area contributed by atoms with Crippen LogP contribution in [0, 0.1) is 0 Å². The Morgan fingerprint density at radius 1 is 0.545 bits per heavy atom. The van der Waals surface area contributed by atoms with Crippen molar-refractivity contribution in [2.24, 2.45) is 0 Å². The van der Waals surface area contributed by atoms with Crippen LogP contribution in [0.3, 0.4) is 0 Å². The molecule has 0 amide bonds. The predicted octanol–water partition coefficient (Wildman–Crippen LogP) is 7.28. The van der Waals surface area contributed by atoms with Gasteiger partial charge in [-0.15, -0.1) is 0 Å². The molecule has 0 aromatic rings. The first-order valence-electron chi connectivity index (χ1n) is 8.01. The fourth-order valence-corrected chi connectivity index (χ4v) is 3.66. The highest BCUT2D eigenvalue weighted by atomic mass is 28.2. The zero-order valence-electron chi connectivity index (χ0n) is 15.7. The second-order valence-corrected chi connectivity index (χ2v) is 8.32. The molecule has 0 saturated carbocycles. The van der Waals surface area contributed by atoms with E-state index in [9.17, 15) is 74.6 Å². The second-order valence-electron chi connectivity index (χ2n) is 6.84. The fourth-order valence-electron chi connectivity index (χ4n) is 2.38. The van der Waals surface area contributed by atoms with E-state index in [1.807, 2.05) is 0 Å². The van der Waals surface area contributed by atoms with Gasteiger partial charge in [-0.25, -0.2) is 8.78 Å². The van der Waals surface area contributed by atoms with E-state index in [2.05, 4.69) is 0 Å². The first kappa shape index (κ1) is 29.5. The highest BCUT2D eigenvalue weighted by Crippen LogP contribution is 2.64. The molecular formula is C15H9F17Si. The van der Waals surface area contributed by atoms with Crippen LogP contribution in [-0.2, 0) is 0 Å². The van der Waals surface area contributed by atoms with Crippen LogP contribution in [0.25, 0.3) is 0 Å². The molecule has 0 aliphatic heterocycles. The molecule has 0 unspecified atom stereocenters. The molecular weight excluding hydrogens is 531 g/mol. The van der Waals surface area contributed by atoms with Crippen molar-refractivity contribution in [3.05, 3.63) is 22.4 Å². The Hall–Kier alpha value is -1.49. The van der Waals surface area contributed by atoms with E-state index in [0.29, 0.717) is 0 Å². The van der Waals surface area contributed by atoms with Crippen molar-refractivity contribution in [3.8, 4) is 0 Å². The van der Waals surface area contributed by atoms with Crippen molar-refractivity contribution in [2.75, 3.05) is 0 Å². The van der Waals surface area contributed by atoms with E-state index in [-0.39, 0.29) is 11.1 Å². The summed E-state index contributed by atoms with van der Waals surface area (Å²) in [6.45, 7) is 2.24. The zero-order chi connectivity index (χ0) is 26.9. The Bertz CT molecular complexity index is 830. The minimum absolute atomic E-state index is 0.161. The summed E-state index contributed by atoms with van der Waals surface area (Å²) < 4.78 is 224. The van der Waals surface area contributed by atoms with E-state index < -0.39 is 68.4 Å². The molecule has 1 rings (SSSR count). The van der Waals surface area contributed by atoms with Crippen LogP contribution in [0.5, 0.6) is 0 Å². The molecule has 33 heavy (non-hydrogen) atoms. The molecule has 0 aromatic carbocycles. The molecule has 0 nitrogen and oxygen atoms in total. The van der Waals surface area contributed by atoms with E-state index >= 15 is 0 Å². The van der Waals surface area contributed by atoms with Crippen molar-refractivity contribution in [1.82, 2.24) is 0 Å². The first-order chi connectivity index (χ1) is 14.1. The molecule has 18 heteroatoms. The third kappa shape index (κ3) is 3.92. The van der Waals surface area contributed by atoms with Crippen LogP contribution in [-0.4, -0.2) is 56.8 Å². The van der Waals surface area contributed by atoms with Gasteiger partial charge in [-0.1, -0.05) is 22.4 Å². The van der Waals surface area contributed by atoms with Gasteiger partial charge in [-0.3, -0.25) is 0 Å². The number of hydrogen-bond acceptors (Lipinski definition) is 0. The number of rotatable bonds is 8. The molecule has 0 bridgehead atoms. The van der Waals surface area contributed by atoms with E-state index in [1.165, 1.54) is 6.92 Å². The van der Waals surface area contributed by atoms with Crippen LogP contribution < -0.4 is 0 Å². The summed E-state index contributed by atoms with van der Waals surface area (Å²) in [5, 5.41) is -0.739. The first-order valence-corrected chi connectivity index (χ1v) is 9.01. The van der Waals surface area contributed by atoms with Crippen molar-refractivity contribution < 1.29 is 74.6 Å². The number of alkyl halides is 17. The number of hydrogen-bond donors (Lipinski definition) is 0. The van der Waals surface area contributed by atoms with Gasteiger partial charge in [-0.05, 0) is 20.3 Å². The molecule has 1 aliphatic rings. The summed E-state index contributed by atoms with van der Waals surface area (Å²) in [6.07, 6.45) is -7.24. The van der Waals surface area contributed by atoms with Gasteiger partial charge < -0.3 is 0 Å². The van der Waals surface area contributed by atoms with Gasteiger partial charge in [0.05, 0.1) is 0 Å². The lowest BCUT2D eigenvalue weighted by Crippen LogP contribution is -2.74. The normalized spacial score (nSPS) is 18.2. The van der Waals surface area contributed by atoms with Crippen LogP contribution in [0.15, 0.2) is 22.4 Å². The Kier molecular flexibility index (Phi) is 6.95. The monoisotopic (exact) mass is 540 g/mol. The van der Waals surface area contributed by atoms with Gasteiger partial charge in [0.25, 0.3) is 5.55 Å². The molecule has 0 heterocycles. The third-order valence-corrected chi connectivity index (χ3v) is 6.20. The SMILES string of the molecule is CC1=CCC([Si]C(F)(F)C(F)(F)C(F)(F)C(F)(F)C(F)(F)C(F)(F)C(F)(F)C(F)(F)F)=C1C. The van der Waals surface area contributed by atoms with Crippen molar-refractivity contribution in [3.63, 3.8) is 0 Å². The molecule has 2 radical (unpaired) electrons. The summed E-state index contributed by atoms with van der Waals surface area (Å²) in [5.74, 6) is -49.6. The van der Waals surface area contributed by atoms with Crippen LogP contribution >= 0.6 is 0 Å². The Morgan fingerprint density at radius 2 is 0.879 bits per heavy atom. The molecule has 0 atom stereocenters. The minimum Gasteiger partial charge on any atom is -0.205 e. The molecule has 0 spiro atoms. The summed E-state index contributed by atoms with van der Waals surface area (Å²) in [4.78, 5) is 0. The molecule has 0 fully saturated rings. The summed E-state index contributed by atoms with van der Waals surface area (Å²) in [5.41, 5.74) is -6.37. The molecule has 1 aliphatic carbocycles. The van der Waals surface area contributed by atoms with Crippen molar-refractivity contribution >= 4 is 9.52 Å². The van der Waals surface area contributed by atoms with Crippen LogP contribution in [0.4, 0.5) is 74.6 Å². The smallest absolute Gasteiger partial charge is 0.205 e. The maximum Gasteiger partial charge on any atom is 0.460 e. The number of allylic oxidation sites excluding steroid dienone is 4. The van der Waals surface area contributed by atoms with Gasteiger partial charge in [0, 0.05) is 0 Å². The summed E-state index contributed by atoms with van der Waals surface area (Å²) >= 11 is 0. The lowest BCUT2D eigenvalue weighted by Gasteiger charge is -2.42. The maximum atomic E-state index is 13.9. The fraction of sp³-hybridized carbons (Fsp3) is 0.733. The lowest BCUT2D eigenvalue weighted by atomic mass is 9.91. The molecule has 0 N–H and O–H groups in total. The van der Waals surface area contributed by atoms with Gasteiger partial charge >= 0.3 is 41.7 Å². The minimum atomic E-state index is -8.59. The Morgan fingerprint density at radius 3 is 1.18 bits per heavy atom. The average Bonchev–Trinajstić information content (AvgIpc) is 2.91. The predicted molar refractivity (Wildman–Crippen MR) is 77.5 cm³/mol. The highest BCUT2D eigenvalue weighted by Gasteiger charge is 2.95. The van der Waals surface area contributed by atoms with E-state index in [1.54, 1.807) is 0 Å². The molecule has 0 saturated heterocycles. The van der Waals surface area contributed by atoms with E-state index in [0.717, 1.165) is 13.0 Å². The Balaban J connectivity index is 3.57. The van der Waals surface area contributed by atoms with Gasteiger partial charge in [-0.2, -0.15) is 65.9 Å². The number of halogens is 17. The van der Waals surface area contributed by atoms with Crippen LogP contribution in [0.2, 0.25) is 0 Å². The van der Waals surface area contributed by atoms with Gasteiger partial charge in [0.1, 0.15) is 0 Å². The molecule has 0 aromatic heterocycles. The van der Waals surface area contributed by atoms with Gasteiger partial charge in [0.15, 0.2) is 9.52 Å². The second kappa shape index (κ2) is 7.76. The van der Waals surface area contributed by atoms with E-state index in [4.69, 9.17) is 0 Å². The average molecular weight is 540 g/mol. The highest BCUT2D eigenvalue weighted by molar-refractivity contribution is 6.49. The maximum absolute atomic E-state index is 13.9. The standard InChI is InChI=1S/C15H9F17Si/c1-5-3-4-7(6(5)2)33-15(31,32)13(26,27)11(22,23)9(18,19)8(16,17)10(20,21)12(24,25)14(28,29)30/h3H,4H2,1-2H3. The summed E-state index contributed by atoms with van der Waals surface area (Å²) in [6, 6.07) is 0. The molecule has 192 valence electrons. The zero-order valence-corrected chi connectivity index (χ0v) is 16.7. The topological polar surface area (TPSA) is 0 Å². The Labute approximate surface area is 175 Å². The van der Waals surface area contributed by atoms with Crippen molar-refractivity contribution in [2.45, 2.75) is 67.5 Å². The third-order valence-electron chi connectivity index (χ3n) is 4.69. The summed E-state index contributed by atoms with van der Waals surface area (Å²) in [7, 11) is -2.80. The van der Waals surface area contributed by atoms with Crippen molar-refractivity contribution in [1.29, 1.82) is 0 Å².